The summed E-state index contributed by atoms with van der Waals surface area (Å²) in [6.07, 6.45) is 1.47. The van der Waals surface area contributed by atoms with Crippen molar-refractivity contribution in [3.05, 3.63) is 38.7 Å². The van der Waals surface area contributed by atoms with Crippen molar-refractivity contribution in [1.82, 2.24) is 4.98 Å². The molecule has 0 atom stereocenters. The van der Waals surface area contributed by atoms with Crippen LogP contribution in [0.2, 0.25) is 10.0 Å². The lowest BCUT2D eigenvalue weighted by Gasteiger charge is -2.03. The maximum Gasteiger partial charge on any atom is 0.125 e. The van der Waals surface area contributed by atoms with Crippen molar-refractivity contribution >= 4 is 50.0 Å². The minimum atomic E-state index is -0.410. The molecule has 0 saturated carbocycles. The average Bonchev–Trinajstić information content (AvgIpc) is 2.12. The van der Waals surface area contributed by atoms with E-state index in [0.29, 0.717) is 20.4 Å². The second-order valence-electron chi connectivity index (χ2n) is 2.70. The van der Waals surface area contributed by atoms with E-state index in [-0.39, 0.29) is 5.02 Å². The highest BCUT2D eigenvalue weighted by Crippen LogP contribution is 2.33. The van der Waals surface area contributed by atoms with Crippen LogP contribution >= 0.6 is 39.1 Å². The molecule has 14 heavy (non-hydrogen) atoms. The van der Waals surface area contributed by atoms with Crippen LogP contribution < -0.4 is 0 Å². The van der Waals surface area contributed by atoms with Crippen LogP contribution in [0.15, 0.2) is 22.8 Å². The Hall–Kier alpha value is -0.380. The van der Waals surface area contributed by atoms with Gasteiger partial charge in [-0.2, -0.15) is 0 Å². The Kier molecular flexibility index (Phi) is 2.64. The van der Waals surface area contributed by atoms with Gasteiger partial charge in [-0.3, -0.25) is 4.98 Å². The van der Waals surface area contributed by atoms with E-state index in [1.807, 2.05) is 0 Å². The third-order valence-corrected chi connectivity index (χ3v) is 3.44. The first kappa shape index (κ1) is 10.1. The molecule has 0 saturated heterocycles. The van der Waals surface area contributed by atoms with Crippen molar-refractivity contribution < 1.29 is 4.39 Å². The second kappa shape index (κ2) is 3.65. The fourth-order valence-corrected chi connectivity index (χ4v) is 1.98. The standard InChI is InChI=1S/C9H3BrCl2FN/c10-8-5-1-4(13)2-6(11)9(5)14-3-7(8)12/h1-3H. The molecule has 72 valence electrons. The molecular weight excluding hydrogens is 292 g/mol. The predicted octanol–water partition coefficient (Wildman–Crippen LogP) is 4.44. The van der Waals surface area contributed by atoms with Gasteiger partial charge in [-0.15, -0.1) is 0 Å². The first-order valence-electron chi connectivity index (χ1n) is 3.68. The zero-order chi connectivity index (χ0) is 10.3. The Bertz CT molecular complexity index is 516. The molecule has 0 radical (unpaired) electrons. The van der Waals surface area contributed by atoms with E-state index >= 15 is 0 Å². The third kappa shape index (κ3) is 1.60. The zero-order valence-electron chi connectivity index (χ0n) is 6.69. The molecule has 5 heteroatoms. The Labute approximate surface area is 98.0 Å². The van der Waals surface area contributed by atoms with Crippen LogP contribution in [-0.4, -0.2) is 4.98 Å². The molecule has 0 aliphatic heterocycles. The lowest BCUT2D eigenvalue weighted by Crippen LogP contribution is -1.85. The number of nitrogens with zero attached hydrogens (tertiary/aromatic N) is 1. The molecule has 0 unspecified atom stereocenters. The molecule has 0 spiro atoms. The van der Waals surface area contributed by atoms with Crippen molar-refractivity contribution in [2.24, 2.45) is 0 Å². The number of pyridine rings is 1. The van der Waals surface area contributed by atoms with Crippen molar-refractivity contribution in [3.8, 4) is 0 Å². The molecule has 2 aromatic rings. The average molecular weight is 295 g/mol. The Morgan fingerprint density at radius 3 is 2.64 bits per heavy atom. The number of fused-ring (bicyclic) bond motifs is 1. The third-order valence-electron chi connectivity index (χ3n) is 1.78. The van der Waals surface area contributed by atoms with Gasteiger partial charge in [0.25, 0.3) is 0 Å². The van der Waals surface area contributed by atoms with E-state index in [0.717, 1.165) is 0 Å². The number of hydrogen-bond donors (Lipinski definition) is 0. The lowest BCUT2D eigenvalue weighted by molar-refractivity contribution is 0.629. The first-order chi connectivity index (χ1) is 6.59. The number of benzene rings is 1. The van der Waals surface area contributed by atoms with Gasteiger partial charge in [-0.05, 0) is 28.1 Å². The maximum atomic E-state index is 13.0. The summed E-state index contributed by atoms with van der Waals surface area (Å²) in [4.78, 5) is 4.02. The van der Waals surface area contributed by atoms with Crippen molar-refractivity contribution in [3.63, 3.8) is 0 Å². The van der Waals surface area contributed by atoms with Crippen molar-refractivity contribution in [2.75, 3.05) is 0 Å². The summed E-state index contributed by atoms with van der Waals surface area (Å²) < 4.78 is 13.6. The molecule has 0 bridgehead atoms. The van der Waals surface area contributed by atoms with Crippen LogP contribution in [0.1, 0.15) is 0 Å². The van der Waals surface area contributed by atoms with E-state index in [4.69, 9.17) is 23.2 Å². The van der Waals surface area contributed by atoms with Crippen molar-refractivity contribution in [2.45, 2.75) is 0 Å². The van der Waals surface area contributed by atoms with Crippen LogP contribution in [0, 0.1) is 5.82 Å². The van der Waals surface area contributed by atoms with Crippen LogP contribution in [0.25, 0.3) is 10.9 Å². The Morgan fingerprint density at radius 1 is 1.21 bits per heavy atom. The van der Waals surface area contributed by atoms with Gasteiger partial charge in [0.15, 0.2) is 0 Å². The monoisotopic (exact) mass is 293 g/mol. The molecule has 1 aromatic carbocycles. The Balaban J connectivity index is 2.95. The summed E-state index contributed by atoms with van der Waals surface area (Å²) in [5, 5.41) is 1.28. The van der Waals surface area contributed by atoms with Gasteiger partial charge >= 0.3 is 0 Å². The molecule has 0 aliphatic rings. The Morgan fingerprint density at radius 2 is 1.93 bits per heavy atom. The molecule has 1 nitrogen and oxygen atoms in total. The van der Waals surface area contributed by atoms with E-state index in [1.165, 1.54) is 18.3 Å². The van der Waals surface area contributed by atoms with E-state index in [2.05, 4.69) is 20.9 Å². The smallest absolute Gasteiger partial charge is 0.125 e. The summed E-state index contributed by atoms with van der Waals surface area (Å²) in [7, 11) is 0. The van der Waals surface area contributed by atoms with Gasteiger partial charge in [0.05, 0.1) is 15.6 Å². The van der Waals surface area contributed by atoms with Crippen LogP contribution in [0.3, 0.4) is 0 Å². The number of halogens is 4. The summed E-state index contributed by atoms with van der Waals surface area (Å²) in [6.45, 7) is 0. The molecule has 0 fully saturated rings. The highest BCUT2D eigenvalue weighted by Gasteiger charge is 2.09. The van der Waals surface area contributed by atoms with Crippen molar-refractivity contribution in [1.29, 1.82) is 0 Å². The topological polar surface area (TPSA) is 12.9 Å². The van der Waals surface area contributed by atoms with Crippen LogP contribution in [0.5, 0.6) is 0 Å². The molecule has 0 N–H and O–H groups in total. The minimum absolute atomic E-state index is 0.275. The molecule has 2 rings (SSSR count). The number of rotatable bonds is 0. The first-order valence-corrected chi connectivity index (χ1v) is 5.23. The minimum Gasteiger partial charge on any atom is -0.253 e. The van der Waals surface area contributed by atoms with Gasteiger partial charge in [0.2, 0.25) is 0 Å². The van der Waals surface area contributed by atoms with E-state index in [1.54, 1.807) is 0 Å². The van der Waals surface area contributed by atoms with Gasteiger partial charge in [0.1, 0.15) is 5.82 Å². The van der Waals surface area contributed by atoms with Crippen LogP contribution in [0.4, 0.5) is 4.39 Å². The maximum absolute atomic E-state index is 13.0. The molecule has 1 aromatic heterocycles. The van der Waals surface area contributed by atoms with Gasteiger partial charge < -0.3 is 0 Å². The van der Waals surface area contributed by atoms with Gasteiger partial charge in [-0.1, -0.05) is 23.2 Å². The predicted molar refractivity (Wildman–Crippen MR) is 59.4 cm³/mol. The van der Waals surface area contributed by atoms with E-state index in [9.17, 15) is 4.39 Å². The highest BCUT2D eigenvalue weighted by molar-refractivity contribution is 9.10. The molecule has 0 aliphatic carbocycles. The largest absolute Gasteiger partial charge is 0.253 e. The summed E-state index contributed by atoms with van der Waals surface area (Å²) >= 11 is 14.9. The summed E-state index contributed by atoms with van der Waals surface area (Å²) in [6, 6.07) is 2.56. The van der Waals surface area contributed by atoms with Gasteiger partial charge in [0, 0.05) is 16.1 Å². The summed E-state index contributed by atoms with van der Waals surface area (Å²) in [5.41, 5.74) is 0.532. The second-order valence-corrected chi connectivity index (χ2v) is 4.31. The molecular formula is C9H3BrCl2FN. The van der Waals surface area contributed by atoms with Gasteiger partial charge in [-0.25, -0.2) is 4.39 Å². The SMILES string of the molecule is Fc1cc(Cl)c2ncc(Cl)c(Br)c2c1. The fourth-order valence-electron chi connectivity index (χ4n) is 1.17. The van der Waals surface area contributed by atoms with E-state index < -0.39 is 5.82 Å². The quantitative estimate of drug-likeness (QED) is 0.700. The highest BCUT2D eigenvalue weighted by atomic mass is 79.9. The normalized spacial score (nSPS) is 10.9. The lowest BCUT2D eigenvalue weighted by atomic mass is 10.2. The fraction of sp³-hybridized carbons (Fsp3) is 0. The summed E-state index contributed by atoms with van der Waals surface area (Å²) in [5.74, 6) is -0.410. The van der Waals surface area contributed by atoms with Crippen LogP contribution in [-0.2, 0) is 0 Å². The number of hydrogen-bond acceptors (Lipinski definition) is 1. The molecule has 0 amide bonds. The zero-order valence-corrected chi connectivity index (χ0v) is 9.79. The molecule has 1 heterocycles. The number of aromatic nitrogens is 1.